The van der Waals surface area contributed by atoms with E-state index in [0.29, 0.717) is 18.9 Å². The van der Waals surface area contributed by atoms with Crippen molar-refractivity contribution >= 4 is 15.8 Å². The third-order valence-electron chi connectivity index (χ3n) is 3.50. The van der Waals surface area contributed by atoms with E-state index in [4.69, 9.17) is 5.73 Å². The Hall–Kier alpha value is -0.620. The van der Waals surface area contributed by atoms with Gasteiger partial charge in [-0.05, 0) is 31.2 Å². The first-order valence-corrected chi connectivity index (χ1v) is 7.60. The summed E-state index contributed by atoms with van der Waals surface area (Å²) < 4.78 is 28.7. The number of sulfone groups is 1. The maximum atomic E-state index is 12.1. The van der Waals surface area contributed by atoms with Crippen molar-refractivity contribution in [1.82, 2.24) is 0 Å². The quantitative estimate of drug-likeness (QED) is 0.739. The molecule has 1 fully saturated rings. The molecule has 0 aromatic carbocycles. The van der Waals surface area contributed by atoms with Gasteiger partial charge in [-0.25, -0.2) is 8.42 Å². The van der Waals surface area contributed by atoms with Crippen LogP contribution in [0.15, 0.2) is 0 Å². The van der Waals surface area contributed by atoms with Crippen LogP contribution in [-0.2, 0) is 19.4 Å². The Kier molecular flexibility index (Phi) is 4.94. The maximum absolute atomic E-state index is 12.1. The first kappa shape index (κ1) is 14.4. The number of hydrogen-bond donors (Lipinski definition) is 1. The van der Waals surface area contributed by atoms with E-state index in [1.54, 1.807) is 0 Å². The molecule has 0 bridgehead atoms. The lowest BCUT2D eigenvalue weighted by molar-refractivity contribution is -0.137. The highest BCUT2D eigenvalue weighted by atomic mass is 32.2. The SMILES string of the molecule is COC(=O)CS(=O)(=O)C1CC(C)CCC1CN. The van der Waals surface area contributed by atoms with Crippen molar-refractivity contribution in [1.29, 1.82) is 0 Å². The average Bonchev–Trinajstić information content (AvgIpc) is 2.28. The fourth-order valence-corrected chi connectivity index (χ4v) is 4.55. The molecule has 2 N–H and O–H groups in total. The topological polar surface area (TPSA) is 86.5 Å². The van der Waals surface area contributed by atoms with E-state index in [0.717, 1.165) is 12.8 Å². The minimum Gasteiger partial charge on any atom is -0.468 e. The van der Waals surface area contributed by atoms with Crippen molar-refractivity contribution in [2.24, 2.45) is 17.6 Å². The van der Waals surface area contributed by atoms with E-state index < -0.39 is 26.8 Å². The summed E-state index contributed by atoms with van der Waals surface area (Å²) >= 11 is 0. The Bertz CT molecular complexity index is 366. The standard InChI is InChI=1S/C11H21NO4S/c1-8-3-4-9(6-12)10(5-8)17(14,15)7-11(13)16-2/h8-10H,3-7,12H2,1-2H3. The zero-order valence-electron chi connectivity index (χ0n) is 10.4. The van der Waals surface area contributed by atoms with Crippen molar-refractivity contribution in [3.8, 4) is 0 Å². The normalized spacial score (nSPS) is 29.9. The summed E-state index contributed by atoms with van der Waals surface area (Å²) in [6.45, 7) is 2.39. The van der Waals surface area contributed by atoms with Crippen molar-refractivity contribution in [2.45, 2.75) is 31.4 Å². The van der Waals surface area contributed by atoms with E-state index in [2.05, 4.69) is 4.74 Å². The highest BCUT2D eigenvalue weighted by molar-refractivity contribution is 7.92. The number of rotatable bonds is 4. The van der Waals surface area contributed by atoms with Gasteiger partial charge in [-0.1, -0.05) is 13.3 Å². The van der Waals surface area contributed by atoms with Gasteiger partial charge in [0.1, 0.15) is 5.75 Å². The number of esters is 1. The Morgan fingerprint density at radius 1 is 1.41 bits per heavy atom. The Morgan fingerprint density at radius 3 is 2.59 bits per heavy atom. The molecule has 1 aliphatic rings. The lowest BCUT2D eigenvalue weighted by atomic mass is 9.82. The first-order chi connectivity index (χ1) is 7.90. The largest absolute Gasteiger partial charge is 0.468 e. The van der Waals surface area contributed by atoms with Gasteiger partial charge in [-0.15, -0.1) is 0 Å². The number of ether oxygens (including phenoxy) is 1. The molecular weight excluding hydrogens is 242 g/mol. The molecule has 0 radical (unpaired) electrons. The van der Waals surface area contributed by atoms with Crippen LogP contribution in [0.4, 0.5) is 0 Å². The lowest BCUT2D eigenvalue weighted by Crippen LogP contribution is -2.41. The lowest BCUT2D eigenvalue weighted by Gasteiger charge is -2.33. The van der Waals surface area contributed by atoms with Gasteiger partial charge >= 0.3 is 5.97 Å². The Morgan fingerprint density at radius 2 is 2.06 bits per heavy atom. The van der Waals surface area contributed by atoms with Gasteiger partial charge in [0.05, 0.1) is 12.4 Å². The molecule has 0 aromatic rings. The second-order valence-corrected chi connectivity index (χ2v) is 7.06. The van der Waals surface area contributed by atoms with E-state index in [9.17, 15) is 13.2 Å². The predicted molar refractivity (Wildman–Crippen MR) is 65.2 cm³/mol. The number of carbonyl (C=O) groups excluding carboxylic acids is 1. The van der Waals surface area contributed by atoms with Crippen LogP contribution in [0.25, 0.3) is 0 Å². The van der Waals surface area contributed by atoms with Crippen molar-refractivity contribution in [3.63, 3.8) is 0 Å². The molecule has 17 heavy (non-hydrogen) atoms. The molecule has 100 valence electrons. The summed E-state index contributed by atoms with van der Waals surface area (Å²) in [5, 5.41) is -0.490. The molecular formula is C11H21NO4S. The van der Waals surface area contributed by atoms with Crippen LogP contribution in [-0.4, -0.2) is 39.0 Å². The van der Waals surface area contributed by atoms with Gasteiger partial charge in [-0.2, -0.15) is 0 Å². The van der Waals surface area contributed by atoms with Crippen LogP contribution in [0.5, 0.6) is 0 Å². The highest BCUT2D eigenvalue weighted by Gasteiger charge is 2.38. The van der Waals surface area contributed by atoms with Gasteiger partial charge in [0.25, 0.3) is 0 Å². The minimum atomic E-state index is -3.44. The minimum absolute atomic E-state index is 0.0270. The van der Waals surface area contributed by atoms with Crippen LogP contribution in [0.1, 0.15) is 26.2 Å². The zero-order chi connectivity index (χ0) is 13.1. The van der Waals surface area contributed by atoms with E-state index in [-0.39, 0.29) is 5.92 Å². The number of carbonyl (C=O) groups is 1. The van der Waals surface area contributed by atoms with E-state index in [1.165, 1.54) is 7.11 Å². The van der Waals surface area contributed by atoms with Gasteiger partial charge in [0, 0.05) is 0 Å². The molecule has 0 heterocycles. The van der Waals surface area contributed by atoms with E-state index in [1.807, 2.05) is 6.92 Å². The van der Waals surface area contributed by atoms with Gasteiger partial charge in [0.15, 0.2) is 9.84 Å². The van der Waals surface area contributed by atoms with Crippen LogP contribution >= 0.6 is 0 Å². The second-order valence-electron chi connectivity index (χ2n) is 4.84. The number of methoxy groups -OCH3 is 1. The second kappa shape index (κ2) is 5.82. The molecule has 0 amide bonds. The highest BCUT2D eigenvalue weighted by Crippen LogP contribution is 2.33. The number of nitrogens with two attached hydrogens (primary N) is 1. The molecule has 5 nitrogen and oxygen atoms in total. The summed E-state index contributed by atoms with van der Waals surface area (Å²) in [6, 6.07) is 0. The Balaban J connectivity index is 2.82. The summed E-state index contributed by atoms with van der Waals surface area (Å²) in [7, 11) is -2.25. The molecule has 3 unspecified atom stereocenters. The predicted octanol–water partition coefficient (Wildman–Crippen LogP) is 0.338. The zero-order valence-corrected chi connectivity index (χ0v) is 11.2. The Labute approximate surface area is 103 Å². The monoisotopic (exact) mass is 263 g/mol. The fraction of sp³-hybridized carbons (Fsp3) is 0.909. The van der Waals surface area contributed by atoms with Crippen LogP contribution in [0.3, 0.4) is 0 Å². The van der Waals surface area contributed by atoms with Crippen LogP contribution in [0.2, 0.25) is 0 Å². The molecule has 0 aromatic heterocycles. The molecule has 1 aliphatic carbocycles. The molecule has 1 saturated carbocycles. The van der Waals surface area contributed by atoms with Crippen molar-refractivity contribution in [3.05, 3.63) is 0 Å². The smallest absolute Gasteiger partial charge is 0.320 e. The van der Waals surface area contributed by atoms with E-state index >= 15 is 0 Å². The van der Waals surface area contributed by atoms with Crippen molar-refractivity contribution in [2.75, 3.05) is 19.4 Å². The molecule has 3 atom stereocenters. The summed E-state index contributed by atoms with van der Waals surface area (Å²) in [5.74, 6) is -0.882. The van der Waals surface area contributed by atoms with Gasteiger partial charge in [-0.3, -0.25) is 4.79 Å². The first-order valence-electron chi connectivity index (χ1n) is 5.89. The molecule has 0 spiro atoms. The van der Waals surface area contributed by atoms with Gasteiger partial charge in [0.2, 0.25) is 0 Å². The number of hydrogen-bond acceptors (Lipinski definition) is 5. The maximum Gasteiger partial charge on any atom is 0.320 e. The molecule has 0 aliphatic heterocycles. The van der Waals surface area contributed by atoms with Gasteiger partial charge < -0.3 is 10.5 Å². The fourth-order valence-electron chi connectivity index (χ4n) is 2.43. The summed E-state index contributed by atoms with van der Waals surface area (Å²) in [6.07, 6.45) is 2.43. The van der Waals surface area contributed by atoms with Crippen molar-refractivity contribution < 1.29 is 17.9 Å². The molecule has 0 saturated heterocycles. The third kappa shape index (κ3) is 3.67. The molecule has 6 heteroatoms. The summed E-state index contributed by atoms with van der Waals surface area (Å²) in [4.78, 5) is 11.1. The third-order valence-corrected chi connectivity index (χ3v) is 5.64. The van der Waals surface area contributed by atoms with Crippen LogP contribution in [0, 0.1) is 11.8 Å². The average molecular weight is 263 g/mol. The molecule has 1 rings (SSSR count). The van der Waals surface area contributed by atoms with Crippen LogP contribution < -0.4 is 5.73 Å². The summed E-state index contributed by atoms with van der Waals surface area (Å²) in [5.41, 5.74) is 5.62.